The first-order chi connectivity index (χ1) is 21.5. The normalized spacial score (nSPS) is 10.7. The first-order valence-electron chi connectivity index (χ1n) is 13.7. The minimum atomic E-state index is -0.644. The van der Waals surface area contributed by atoms with E-state index in [-0.39, 0.29) is 28.9 Å². The summed E-state index contributed by atoms with van der Waals surface area (Å²) in [5.74, 6) is -0.607. The third-order valence-electron chi connectivity index (χ3n) is 6.30. The topological polar surface area (TPSA) is 174 Å². The molecule has 46 heavy (non-hydrogen) atoms. The number of nitrogens with zero attached hydrogens (tertiary/aromatic N) is 1. The molecule has 2 amide bonds. The number of hydrogen-bond acceptors (Lipinski definition) is 8. The molecule has 4 aromatic rings. The lowest BCUT2D eigenvalue weighted by molar-refractivity contribution is -0.384. The molecule has 0 spiro atoms. The summed E-state index contributed by atoms with van der Waals surface area (Å²) in [4.78, 5) is 46.9. The lowest BCUT2D eigenvalue weighted by Gasteiger charge is -2.18. The minimum absolute atomic E-state index is 0.145. The number of nitrogens with one attached hydrogen (secondary N) is 2. The van der Waals surface area contributed by atoms with Crippen molar-refractivity contribution in [1.29, 1.82) is 0 Å². The average molecular weight is 756 g/mol. The number of aromatic hydroxyl groups is 1. The number of nitro groups is 1. The number of carbonyl (C=O) groups excluding carboxylic acids is 3. The maximum atomic E-state index is 12.4. The molecular weight excluding hydrogens is 724 g/mol. The van der Waals surface area contributed by atoms with E-state index in [1.807, 2.05) is 0 Å². The van der Waals surface area contributed by atoms with E-state index in [4.69, 9.17) is 10.5 Å². The van der Waals surface area contributed by atoms with Gasteiger partial charge >= 0.3 is 5.97 Å². The Kier molecular flexibility index (Phi) is 11.7. The molecule has 4 rings (SSSR count). The molecule has 0 saturated heterocycles. The Labute approximate surface area is 282 Å². The van der Waals surface area contributed by atoms with Gasteiger partial charge in [0.05, 0.1) is 21.7 Å². The molecule has 0 atom stereocenters. The Hall–Kier alpha value is -4.75. The number of ether oxygens (including phenoxy) is 1. The van der Waals surface area contributed by atoms with Crippen LogP contribution in [0, 0.1) is 29.4 Å². The van der Waals surface area contributed by atoms with Gasteiger partial charge in [0.1, 0.15) is 11.5 Å². The minimum Gasteiger partial charge on any atom is -0.508 e. The first-order valence-corrected chi connectivity index (χ1v) is 15.3. The van der Waals surface area contributed by atoms with Crippen molar-refractivity contribution in [3.05, 3.63) is 114 Å². The number of rotatable bonds is 6. The summed E-state index contributed by atoms with van der Waals surface area (Å²) in [6, 6.07) is 18.5. The Morgan fingerprint density at radius 3 is 1.85 bits per heavy atom. The van der Waals surface area contributed by atoms with E-state index in [9.17, 15) is 29.6 Å². The molecule has 0 aromatic heterocycles. The van der Waals surface area contributed by atoms with Gasteiger partial charge in [-0.1, -0.05) is 12.1 Å². The first kappa shape index (κ1) is 35.7. The zero-order chi connectivity index (χ0) is 34.3. The summed E-state index contributed by atoms with van der Waals surface area (Å²) in [5, 5.41) is 25.8. The molecular formula is C33H32Br2N4O7. The van der Waals surface area contributed by atoms with E-state index in [0.29, 0.717) is 42.9 Å². The smallest absolute Gasteiger partial charge is 0.316 e. The standard InChI is InChI=1S/C19H19BrN2O5.C14H13BrN2O2/c1-11-8-14(27-18(24)19(2,3)4)10-15(20)16(11)21-17(23)12-6-5-7-13(9-12)22(25)26;1-8-5-11(18)7-12(15)13(8)17-14(19)9-3-2-4-10(16)6-9/h5-10H,1-4H3,(H,21,23);2-7,18H,16H2,1H3,(H,17,19). The van der Waals surface area contributed by atoms with Gasteiger partial charge in [-0.3, -0.25) is 24.5 Å². The number of anilines is 3. The van der Waals surface area contributed by atoms with E-state index in [1.165, 1.54) is 30.3 Å². The molecule has 0 heterocycles. The summed E-state index contributed by atoms with van der Waals surface area (Å²) in [6.45, 7) is 8.82. The van der Waals surface area contributed by atoms with Crippen LogP contribution >= 0.6 is 31.9 Å². The SMILES string of the molecule is Cc1cc(O)cc(Br)c1NC(=O)c1cccc(N)c1.Cc1cc(OC(=O)C(C)(C)C)cc(Br)c1NC(=O)c1cccc([N+](=O)[O-])c1. The molecule has 240 valence electrons. The number of aryl methyl sites for hydroxylation is 2. The van der Waals surface area contributed by atoms with Gasteiger partial charge in [0.25, 0.3) is 17.5 Å². The van der Waals surface area contributed by atoms with Gasteiger partial charge in [-0.2, -0.15) is 0 Å². The third-order valence-corrected chi connectivity index (χ3v) is 7.55. The highest BCUT2D eigenvalue weighted by Crippen LogP contribution is 2.33. The summed E-state index contributed by atoms with van der Waals surface area (Å²) < 4.78 is 6.52. The summed E-state index contributed by atoms with van der Waals surface area (Å²) in [7, 11) is 0. The second-order valence-electron chi connectivity index (χ2n) is 11.2. The maximum Gasteiger partial charge on any atom is 0.316 e. The second kappa shape index (κ2) is 15.0. The monoisotopic (exact) mass is 754 g/mol. The number of phenolic OH excluding ortho intramolecular Hbond substituents is 1. The van der Waals surface area contributed by atoms with Crippen molar-refractivity contribution in [2.24, 2.45) is 5.41 Å². The molecule has 4 aromatic carbocycles. The number of halogens is 2. The van der Waals surface area contributed by atoms with Crippen molar-refractivity contribution in [1.82, 2.24) is 0 Å². The van der Waals surface area contributed by atoms with Gasteiger partial charge in [0.15, 0.2) is 0 Å². The number of carbonyl (C=O) groups is 3. The quantitative estimate of drug-likeness (QED) is 0.0381. The van der Waals surface area contributed by atoms with Crippen LogP contribution in [-0.4, -0.2) is 27.8 Å². The number of nitrogens with two attached hydrogens (primary N) is 1. The molecule has 0 radical (unpaired) electrons. The highest BCUT2D eigenvalue weighted by atomic mass is 79.9. The third kappa shape index (κ3) is 9.62. The molecule has 0 bridgehead atoms. The Morgan fingerprint density at radius 1 is 0.826 bits per heavy atom. The number of esters is 1. The van der Waals surface area contributed by atoms with Crippen LogP contribution in [0.2, 0.25) is 0 Å². The number of non-ortho nitro benzene ring substituents is 1. The van der Waals surface area contributed by atoms with Gasteiger partial charge in [-0.25, -0.2) is 0 Å². The zero-order valence-corrected chi connectivity index (χ0v) is 28.8. The van der Waals surface area contributed by atoms with Gasteiger partial charge in [0, 0.05) is 37.9 Å². The van der Waals surface area contributed by atoms with Gasteiger partial charge in [-0.05, 0) is 126 Å². The fraction of sp³-hybridized carbons (Fsp3) is 0.182. The molecule has 0 aliphatic carbocycles. The lowest BCUT2D eigenvalue weighted by Crippen LogP contribution is -2.25. The average Bonchev–Trinajstić information content (AvgIpc) is 2.96. The number of amides is 2. The summed E-state index contributed by atoms with van der Waals surface area (Å²) in [6.07, 6.45) is 0. The molecule has 0 unspecified atom stereocenters. The lowest BCUT2D eigenvalue weighted by atomic mass is 9.97. The van der Waals surface area contributed by atoms with E-state index in [0.717, 1.165) is 5.56 Å². The highest BCUT2D eigenvalue weighted by Gasteiger charge is 2.24. The van der Waals surface area contributed by atoms with Crippen molar-refractivity contribution < 1.29 is 29.2 Å². The second-order valence-corrected chi connectivity index (χ2v) is 12.9. The molecule has 11 nitrogen and oxygen atoms in total. The predicted molar refractivity (Wildman–Crippen MR) is 184 cm³/mol. The number of nitrogen functional groups attached to an aromatic ring is 1. The molecule has 5 N–H and O–H groups in total. The van der Waals surface area contributed by atoms with Gasteiger partial charge < -0.3 is 26.2 Å². The largest absolute Gasteiger partial charge is 0.508 e. The molecule has 0 aliphatic heterocycles. The van der Waals surface area contributed by atoms with Crippen molar-refractivity contribution in [3.8, 4) is 11.5 Å². The molecule has 0 fully saturated rings. The molecule has 13 heteroatoms. The van der Waals surface area contributed by atoms with Crippen LogP contribution in [0.3, 0.4) is 0 Å². The number of phenols is 1. The predicted octanol–water partition coefficient (Wildman–Crippen LogP) is 8.17. The van der Waals surface area contributed by atoms with Crippen LogP contribution in [0.15, 0.2) is 81.7 Å². The van der Waals surface area contributed by atoms with Crippen LogP contribution < -0.4 is 21.1 Å². The van der Waals surface area contributed by atoms with Crippen molar-refractivity contribution in [3.63, 3.8) is 0 Å². The molecule has 0 saturated carbocycles. The van der Waals surface area contributed by atoms with Crippen LogP contribution in [0.5, 0.6) is 11.5 Å². The summed E-state index contributed by atoms with van der Waals surface area (Å²) in [5.41, 5.74) is 8.58. The highest BCUT2D eigenvalue weighted by molar-refractivity contribution is 9.11. The van der Waals surface area contributed by atoms with E-state index in [2.05, 4.69) is 42.5 Å². The van der Waals surface area contributed by atoms with E-state index in [1.54, 1.807) is 77.1 Å². The van der Waals surface area contributed by atoms with Crippen LogP contribution in [-0.2, 0) is 4.79 Å². The number of nitro benzene ring substituents is 1. The van der Waals surface area contributed by atoms with Crippen LogP contribution in [0.4, 0.5) is 22.7 Å². The molecule has 0 aliphatic rings. The maximum absolute atomic E-state index is 12.4. The van der Waals surface area contributed by atoms with Crippen molar-refractivity contribution >= 4 is 72.4 Å². The zero-order valence-electron chi connectivity index (χ0n) is 25.6. The fourth-order valence-electron chi connectivity index (χ4n) is 3.89. The number of hydrogen-bond donors (Lipinski definition) is 4. The Balaban J connectivity index is 0.000000266. The van der Waals surface area contributed by atoms with Crippen LogP contribution in [0.25, 0.3) is 0 Å². The van der Waals surface area contributed by atoms with Gasteiger partial charge in [0.2, 0.25) is 0 Å². The van der Waals surface area contributed by atoms with Gasteiger partial charge in [-0.15, -0.1) is 0 Å². The van der Waals surface area contributed by atoms with E-state index >= 15 is 0 Å². The summed E-state index contributed by atoms with van der Waals surface area (Å²) >= 11 is 6.68. The Bertz CT molecular complexity index is 1770. The Morgan fingerprint density at radius 2 is 1.35 bits per heavy atom. The van der Waals surface area contributed by atoms with Crippen LogP contribution in [0.1, 0.15) is 52.6 Å². The van der Waals surface area contributed by atoms with E-state index < -0.39 is 16.2 Å². The van der Waals surface area contributed by atoms with Crippen molar-refractivity contribution in [2.75, 3.05) is 16.4 Å². The number of benzene rings is 4. The fourth-order valence-corrected chi connectivity index (χ4v) is 5.17. The van der Waals surface area contributed by atoms with Crippen molar-refractivity contribution in [2.45, 2.75) is 34.6 Å².